The lowest BCUT2D eigenvalue weighted by molar-refractivity contribution is 0.546. The van der Waals surface area contributed by atoms with E-state index in [1.165, 1.54) is 16.4 Å². The Labute approximate surface area is 220 Å². The predicted octanol–water partition coefficient (Wildman–Crippen LogP) is 3.55. The van der Waals surface area contributed by atoms with E-state index in [9.17, 15) is 16.8 Å². The van der Waals surface area contributed by atoms with Gasteiger partial charge in [-0.25, -0.2) is 30.5 Å². The Morgan fingerprint density at radius 1 is 0.842 bits per heavy atom. The van der Waals surface area contributed by atoms with Gasteiger partial charge in [-0.2, -0.15) is 0 Å². The molecule has 12 heteroatoms. The molecule has 1 aliphatic rings. The summed E-state index contributed by atoms with van der Waals surface area (Å²) in [6.45, 7) is 3.81. The van der Waals surface area contributed by atoms with Crippen LogP contribution in [-0.4, -0.2) is 46.4 Å². The molecule has 1 fully saturated rings. The summed E-state index contributed by atoms with van der Waals surface area (Å²) in [7, 11) is -7.50. The van der Waals surface area contributed by atoms with Gasteiger partial charge < -0.3 is 0 Å². The largest absolute Gasteiger partial charge is 0.274 e. The molecule has 0 amide bonds. The van der Waals surface area contributed by atoms with E-state index >= 15 is 0 Å². The van der Waals surface area contributed by atoms with Crippen LogP contribution < -0.4 is 4.72 Å². The van der Waals surface area contributed by atoms with Crippen molar-refractivity contribution in [3.05, 3.63) is 83.9 Å². The third-order valence-electron chi connectivity index (χ3n) is 7.09. The van der Waals surface area contributed by atoms with E-state index in [-0.39, 0.29) is 27.4 Å². The molecular formula is C26H26N6O4S2. The number of sulfonamides is 1. The van der Waals surface area contributed by atoms with E-state index < -0.39 is 20.0 Å². The molecule has 0 saturated heterocycles. The van der Waals surface area contributed by atoms with Crippen molar-refractivity contribution in [2.45, 2.75) is 54.9 Å². The molecule has 0 bridgehead atoms. The first-order valence-corrected chi connectivity index (χ1v) is 15.2. The summed E-state index contributed by atoms with van der Waals surface area (Å²) in [5, 5.41) is 8.66. The number of nitrogens with one attached hydrogen (secondary N) is 1. The molecule has 6 rings (SSSR count). The third-order valence-corrected chi connectivity index (χ3v) is 10.3. The summed E-state index contributed by atoms with van der Waals surface area (Å²) in [6.07, 6.45) is 4.92. The molecule has 1 aliphatic carbocycles. The van der Waals surface area contributed by atoms with Crippen molar-refractivity contribution < 1.29 is 16.8 Å². The molecule has 38 heavy (non-hydrogen) atoms. The van der Waals surface area contributed by atoms with Gasteiger partial charge in [0.25, 0.3) is 10.0 Å². The van der Waals surface area contributed by atoms with Crippen LogP contribution in [0.5, 0.6) is 0 Å². The fourth-order valence-corrected chi connectivity index (χ4v) is 7.64. The van der Waals surface area contributed by atoms with Gasteiger partial charge in [-0.1, -0.05) is 35.4 Å². The molecule has 0 unspecified atom stereocenters. The molecule has 196 valence electrons. The van der Waals surface area contributed by atoms with Gasteiger partial charge in [0.1, 0.15) is 5.82 Å². The second kappa shape index (κ2) is 9.00. The fraction of sp³-hybridized carbons (Fsp3) is 0.269. The zero-order valence-electron chi connectivity index (χ0n) is 20.8. The van der Waals surface area contributed by atoms with Gasteiger partial charge in [0.05, 0.1) is 21.5 Å². The minimum Gasteiger partial charge on any atom is -0.274 e. The van der Waals surface area contributed by atoms with Crippen LogP contribution in [0.2, 0.25) is 0 Å². The van der Waals surface area contributed by atoms with Crippen LogP contribution in [0.25, 0.3) is 16.8 Å². The Hall–Kier alpha value is -3.61. The first kappa shape index (κ1) is 24.7. The van der Waals surface area contributed by atoms with Gasteiger partial charge in [-0.05, 0) is 63.4 Å². The summed E-state index contributed by atoms with van der Waals surface area (Å²) in [5.41, 5.74) is 3.30. The van der Waals surface area contributed by atoms with Crippen molar-refractivity contribution in [1.82, 2.24) is 28.3 Å². The molecule has 5 aromatic rings. The number of hydrogen-bond donors (Lipinski definition) is 1. The summed E-state index contributed by atoms with van der Waals surface area (Å²) < 4.78 is 58.4. The summed E-state index contributed by atoms with van der Waals surface area (Å²) in [5.74, 6) is 0.605. The maximum atomic E-state index is 13.4. The number of nitrogens with zero attached hydrogens (tertiary/aromatic N) is 5. The number of aromatic nitrogens is 5. The van der Waals surface area contributed by atoms with Crippen LogP contribution in [0.1, 0.15) is 42.1 Å². The summed E-state index contributed by atoms with van der Waals surface area (Å²) >= 11 is 0. The van der Waals surface area contributed by atoms with Gasteiger partial charge in [-0.15, -0.1) is 10.2 Å². The third kappa shape index (κ3) is 4.18. The minimum atomic E-state index is -3.86. The van der Waals surface area contributed by atoms with E-state index in [0.717, 1.165) is 11.1 Å². The van der Waals surface area contributed by atoms with Gasteiger partial charge in [-0.3, -0.25) is 4.40 Å². The van der Waals surface area contributed by atoms with Crippen LogP contribution in [0.15, 0.2) is 76.8 Å². The van der Waals surface area contributed by atoms with E-state index in [1.807, 2.05) is 18.2 Å². The van der Waals surface area contributed by atoms with Crippen molar-refractivity contribution in [2.75, 3.05) is 0 Å². The lowest BCUT2D eigenvalue weighted by atomic mass is 10.1. The summed E-state index contributed by atoms with van der Waals surface area (Å²) in [4.78, 5) is 4.80. The Morgan fingerprint density at radius 2 is 1.50 bits per heavy atom. The lowest BCUT2D eigenvalue weighted by Crippen LogP contribution is -2.33. The Morgan fingerprint density at radius 3 is 2.18 bits per heavy atom. The average molecular weight is 551 g/mol. The molecule has 3 aromatic heterocycles. The maximum Gasteiger partial charge on any atom is 0.269 e. The normalized spacial score (nSPS) is 18.5. The first-order valence-electron chi connectivity index (χ1n) is 12.3. The van der Waals surface area contributed by atoms with Gasteiger partial charge in [0, 0.05) is 18.2 Å². The molecule has 2 atom stereocenters. The molecule has 1 saturated carbocycles. The highest BCUT2D eigenvalue weighted by molar-refractivity contribution is 7.90. The standard InChI is InChI=1S/C26H26N6O4S2/c1-17-3-9-21(10-4-17)37(33,34)30-20-8-7-19(15-20)25-29-28-24-16-27-26-23(32(24)25)13-14-31(26)38(35,36)22-11-5-18(2)6-12-22/h3-6,9-14,16,19-20,30H,7-8,15H2,1-2H3/t19-,20+/m1/s1. The van der Waals surface area contributed by atoms with E-state index in [1.54, 1.807) is 54.6 Å². The predicted molar refractivity (Wildman–Crippen MR) is 142 cm³/mol. The SMILES string of the molecule is Cc1ccc(S(=O)(=O)N[C@H]2CC[C@@H](c3nnc4cnc5c(ccn5S(=O)(=O)c5ccc(C)cc5)n34)C2)cc1. The summed E-state index contributed by atoms with van der Waals surface area (Å²) in [6, 6.07) is 14.9. The molecule has 1 N–H and O–H groups in total. The number of benzene rings is 2. The van der Waals surface area contributed by atoms with Crippen molar-refractivity contribution in [1.29, 1.82) is 0 Å². The van der Waals surface area contributed by atoms with Gasteiger partial charge >= 0.3 is 0 Å². The molecular weight excluding hydrogens is 524 g/mol. The zero-order valence-corrected chi connectivity index (χ0v) is 22.4. The van der Waals surface area contributed by atoms with Crippen LogP contribution >= 0.6 is 0 Å². The van der Waals surface area contributed by atoms with Crippen molar-refractivity contribution in [2.24, 2.45) is 0 Å². The molecule has 0 spiro atoms. The first-order chi connectivity index (χ1) is 18.1. The van der Waals surface area contributed by atoms with Crippen LogP contribution in [0.3, 0.4) is 0 Å². The van der Waals surface area contributed by atoms with Crippen molar-refractivity contribution >= 4 is 36.9 Å². The Bertz CT molecular complexity index is 1880. The number of hydrogen-bond acceptors (Lipinski definition) is 7. The maximum absolute atomic E-state index is 13.4. The molecule has 3 heterocycles. The van der Waals surface area contributed by atoms with Crippen LogP contribution in [-0.2, 0) is 20.0 Å². The second-order valence-corrected chi connectivity index (χ2v) is 13.3. The highest BCUT2D eigenvalue weighted by atomic mass is 32.2. The second-order valence-electron chi connectivity index (χ2n) is 9.79. The Balaban J connectivity index is 1.32. The minimum absolute atomic E-state index is 0.0571. The quantitative estimate of drug-likeness (QED) is 0.342. The van der Waals surface area contributed by atoms with E-state index in [2.05, 4.69) is 19.9 Å². The molecule has 0 radical (unpaired) electrons. The van der Waals surface area contributed by atoms with E-state index in [4.69, 9.17) is 0 Å². The van der Waals surface area contributed by atoms with Crippen LogP contribution in [0.4, 0.5) is 0 Å². The van der Waals surface area contributed by atoms with Gasteiger partial charge in [0.15, 0.2) is 11.3 Å². The van der Waals surface area contributed by atoms with Crippen molar-refractivity contribution in [3.8, 4) is 0 Å². The van der Waals surface area contributed by atoms with E-state index in [0.29, 0.717) is 36.3 Å². The lowest BCUT2D eigenvalue weighted by Gasteiger charge is -2.14. The highest BCUT2D eigenvalue weighted by Gasteiger charge is 2.33. The molecule has 2 aromatic carbocycles. The number of fused-ring (bicyclic) bond motifs is 3. The molecule has 10 nitrogen and oxygen atoms in total. The van der Waals surface area contributed by atoms with Gasteiger partial charge in [0.2, 0.25) is 10.0 Å². The molecule has 0 aliphatic heterocycles. The fourth-order valence-electron chi connectivity index (χ4n) is 5.06. The topological polar surface area (TPSA) is 128 Å². The van der Waals surface area contributed by atoms with Crippen LogP contribution in [0, 0.1) is 13.8 Å². The number of rotatable bonds is 6. The van der Waals surface area contributed by atoms with Crippen molar-refractivity contribution in [3.63, 3.8) is 0 Å². The Kier molecular flexibility index (Phi) is 5.85. The monoisotopic (exact) mass is 550 g/mol. The smallest absolute Gasteiger partial charge is 0.269 e. The highest BCUT2D eigenvalue weighted by Crippen LogP contribution is 2.35. The zero-order chi connectivity index (χ0) is 26.7. The average Bonchev–Trinajstić information content (AvgIpc) is 3.62. The number of aryl methyl sites for hydroxylation is 2.